The van der Waals surface area contributed by atoms with E-state index in [1.54, 1.807) is 6.92 Å². The standard InChI is InChI=1S/C26H26N2O3/c1-3-28-24-7-5-4-6-22(24)23-16-20(12-15-25(23)28)27-26(30)17-31-21-13-10-19(11-14-21)9-8-18(2)29/h4-7,10-16H,3,8-9,17H2,1-2H3,(H,27,30). The van der Waals surface area contributed by atoms with Gasteiger partial charge in [-0.05, 0) is 62.2 Å². The molecule has 0 spiro atoms. The van der Waals surface area contributed by atoms with Crippen LogP contribution in [0.2, 0.25) is 0 Å². The number of rotatable bonds is 8. The van der Waals surface area contributed by atoms with Gasteiger partial charge in [-0.3, -0.25) is 4.79 Å². The molecule has 0 aliphatic rings. The average Bonchev–Trinajstić information content (AvgIpc) is 3.10. The third kappa shape index (κ3) is 4.61. The van der Waals surface area contributed by atoms with E-state index in [0.717, 1.165) is 28.7 Å². The molecule has 0 fully saturated rings. The predicted molar refractivity (Wildman–Crippen MR) is 125 cm³/mol. The maximum atomic E-state index is 12.4. The van der Waals surface area contributed by atoms with Crippen LogP contribution in [0, 0.1) is 0 Å². The Hall–Kier alpha value is -3.60. The number of amides is 1. The molecule has 1 amide bonds. The molecule has 3 aromatic carbocycles. The molecular formula is C26H26N2O3. The summed E-state index contributed by atoms with van der Waals surface area (Å²) in [6, 6.07) is 21.8. The first kappa shape index (κ1) is 20.7. The molecule has 0 aliphatic carbocycles. The van der Waals surface area contributed by atoms with Crippen LogP contribution in [-0.2, 0) is 22.6 Å². The number of fused-ring (bicyclic) bond motifs is 3. The number of aromatic nitrogens is 1. The van der Waals surface area contributed by atoms with Gasteiger partial charge in [-0.15, -0.1) is 0 Å². The molecule has 1 N–H and O–H groups in total. The van der Waals surface area contributed by atoms with Crippen LogP contribution in [0.1, 0.15) is 25.8 Å². The average molecular weight is 415 g/mol. The highest BCUT2D eigenvalue weighted by Crippen LogP contribution is 2.31. The van der Waals surface area contributed by atoms with Crippen molar-refractivity contribution in [2.45, 2.75) is 33.2 Å². The quantitative estimate of drug-likeness (QED) is 0.423. The fraction of sp³-hybridized carbons (Fsp3) is 0.231. The van der Waals surface area contributed by atoms with E-state index in [4.69, 9.17) is 4.74 Å². The van der Waals surface area contributed by atoms with E-state index in [-0.39, 0.29) is 18.3 Å². The van der Waals surface area contributed by atoms with E-state index in [2.05, 4.69) is 35.0 Å². The minimum absolute atomic E-state index is 0.0679. The number of Topliss-reactive ketones (excluding diaryl/α,β-unsaturated/α-hetero) is 1. The second-order valence-electron chi connectivity index (χ2n) is 7.68. The Balaban J connectivity index is 1.42. The van der Waals surface area contributed by atoms with Crippen LogP contribution < -0.4 is 10.1 Å². The monoisotopic (exact) mass is 414 g/mol. The third-order valence-electron chi connectivity index (χ3n) is 5.43. The molecule has 0 aliphatic heterocycles. The summed E-state index contributed by atoms with van der Waals surface area (Å²) in [6.45, 7) is 4.54. The molecule has 0 radical (unpaired) electrons. The number of hydrogen-bond acceptors (Lipinski definition) is 3. The number of carbonyl (C=O) groups excluding carboxylic acids is 2. The number of ether oxygens (including phenoxy) is 1. The summed E-state index contributed by atoms with van der Waals surface area (Å²) < 4.78 is 7.89. The van der Waals surface area contributed by atoms with Crippen molar-refractivity contribution in [3.8, 4) is 5.75 Å². The lowest BCUT2D eigenvalue weighted by molar-refractivity contribution is -0.118. The summed E-state index contributed by atoms with van der Waals surface area (Å²) in [7, 11) is 0. The Morgan fingerprint density at radius 3 is 2.42 bits per heavy atom. The predicted octanol–water partition coefficient (Wildman–Crippen LogP) is 5.35. The van der Waals surface area contributed by atoms with Crippen LogP contribution in [-0.4, -0.2) is 22.9 Å². The molecule has 1 heterocycles. The van der Waals surface area contributed by atoms with Crippen LogP contribution in [0.15, 0.2) is 66.7 Å². The van der Waals surface area contributed by atoms with E-state index >= 15 is 0 Å². The molecule has 31 heavy (non-hydrogen) atoms. The maximum Gasteiger partial charge on any atom is 0.262 e. The van der Waals surface area contributed by atoms with Crippen LogP contribution in [0.4, 0.5) is 5.69 Å². The summed E-state index contributed by atoms with van der Waals surface area (Å²) in [5, 5.41) is 5.23. The normalized spacial score (nSPS) is 11.0. The van der Waals surface area contributed by atoms with E-state index in [0.29, 0.717) is 18.6 Å². The molecule has 0 bridgehead atoms. The van der Waals surface area contributed by atoms with E-state index in [9.17, 15) is 9.59 Å². The molecular weight excluding hydrogens is 388 g/mol. The number of benzene rings is 3. The van der Waals surface area contributed by atoms with Gasteiger partial charge in [-0.25, -0.2) is 0 Å². The van der Waals surface area contributed by atoms with Gasteiger partial charge in [-0.1, -0.05) is 30.3 Å². The first-order valence-electron chi connectivity index (χ1n) is 10.6. The zero-order valence-corrected chi connectivity index (χ0v) is 17.9. The summed E-state index contributed by atoms with van der Waals surface area (Å²) in [5.74, 6) is 0.594. The van der Waals surface area contributed by atoms with Gasteiger partial charge in [-0.2, -0.15) is 0 Å². The van der Waals surface area contributed by atoms with Crippen molar-refractivity contribution in [2.24, 2.45) is 0 Å². The molecule has 4 aromatic rings. The molecule has 4 rings (SSSR count). The fourth-order valence-corrected chi connectivity index (χ4v) is 3.89. The Morgan fingerprint density at radius 2 is 1.68 bits per heavy atom. The number of ketones is 1. The van der Waals surface area contributed by atoms with Gasteiger partial charge in [0.2, 0.25) is 0 Å². The highest BCUT2D eigenvalue weighted by atomic mass is 16.5. The SMILES string of the molecule is CCn1c2ccccc2c2cc(NC(=O)COc3ccc(CCC(C)=O)cc3)ccc21. The summed E-state index contributed by atoms with van der Waals surface area (Å²) in [6.07, 6.45) is 1.25. The Labute approximate surface area is 181 Å². The minimum Gasteiger partial charge on any atom is -0.484 e. The first-order chi connectivity index (χ1) is 15.0. The van der Waals surface area contributed by atoms with Crippen molar-refractivity contribution in [2.75, 3.05) is 11.9 Å². The van der Waals surface area contributed by atoms with Gasteiger partial charge in [0.1, 0.15) is 11.5 Å². The van der Waals surface area contributed by atoms with Gasteiger partial charge >= 0.3 is 0 Å². The van der Waals surface area contributed by atoms with Crippen molar-refractivity contribution in [3.05, 3.63) is 72.3 Å². The topological polar surface area (TPSA) is 60.3 Å². The Morgan fingerprint density at radius 1 is 0.935 bits per heavy atom. The molecule has 0 saturated heterocycles. The third-order valence-corrected chi connectivity index (χ3v) is 5.43. The van der Waals surface area contributed by atoms with Crippen molar-refractivity contribution in [1.29, 1.82) is 0 Å². The zero-order chi connectivity index (χ0) is 21.8. The Bertz CT molecular complexity index is 1240. The molecule has 1 aromatic heterocycles. The lowest BCUT2D eigenvalue weighted by Gasteiger charge is -2.09. The fourth-order valence-electron chi connectivity index (χ4n) is 3.89. The minimum atomic E-state index is -0.209. The van der Waals surface area contributed by atoms with Crippen molar-refractivity contribution >= 4 is 39.2 Å². The lowest BCUT2D eigenvalue weighted by Crippen LogP contribution is -2.20. The summed E-state index contributed by atoms with van der Waals surface area (Å²) >= 11 is 0. The molecule has 0 unspecified atom stereocenters. The molecule has 5 heteroatoms. The number of carbonyl (C=O) groups is 2. The highest BCUT2D eigenvalue weighted by Gasteiger charge is 2.11. The molecule has 0 saturated carbocycles. The van der Waals surface area contributed by atoms with Crippen LogP contribution >= 0.6 is 0 Å². The number of anilines is 1. The van der Waals surface area contributed by atoms with E-state index < -0.39 is 0 Å². The second kappa shape index (κ2) is 9.04. The van der Waals surface area contributed by atoms with E-state index in [1.807, 2.05) is 48.5 Å². The van der Waals surface area contributed by atoms with Gasteiger partial charge < -0.3 is 19.4 Å². The highest BCUT2D eigenvalue weighted by molar-refractivity contribution is 6.09. The van der Waals surface area contributed by atoms with Crippen molar-refractivity contribution < 1.29 is 14.3 Å². The molecule has 158 valence electrons. The second-order valence-corrected chi connectivity index (χ2v) is 7.68. The molecule has 0 atom stereocenters. The van der Waals surface area contributed by atoms with E-state index in [1.165, 1.54) is 10.9 Å². The Kier molecular flexibility index (Phi) is 6.03. The zero-order valence-electron chi connectivity index (χ0n) is 17.9. The first-order valence-corrected chi connectivity index (χ1v) is 10.6. The summed E-state index contributed by atoms with van der Waals surface area (Å²) in [4.78, 5) is 23.5. The lowest BCUT2D eigenvalue weighted by atomic mass is 10.1. The smallest absolute Gasteiger partial charge is 0.262 e. The van der Waals surface area contributed by atoms with Crippen LogP contribution in [0.3, 0.4) is 0 Å². The maximum absolute atomic E-state index is 12.4. The number of nitrogens with one attached hydrogen (secondary N) is 1. The van der Waals surface area contributed by atoms with Crippen LogP contribution in [0.25, 0.3) is 21.8 Å². The van der Waals surface area contributed by atoms with Crippen molar-refractivity contribution in [1.82, 2.24) is 4.57 Å². The summed E-state index contributed by atoms with van der Waals surface area (Å²) in [5.41, 5.74) is 4.17. The van der Waals surface area contributed by atoms with Crippen LogP contribution in [0.5, 0.6) is 5.75 Å². The van der Waals surface area contributed by atoms with Gasteiger partial charge in [0.25, 0.3) is 5.91 Å². The van der Waals surface area contributed by atoms with Crippen molar-refractivity contribution in [3.63, 3.8) is 0 Å². The largest absolute Gasteiger partial charge is 0.484 e. The van der Waals surface area contributed by atoms with Gasteiger partial charge in [0.05, 0.1) is 0 Å². The van der Waals surface area contributed by atoms with Gasteiger partial charge in [0.15, 0.2) is 6.61 Å². The number of para-hydroxylation sites is 1. The van der Waals surface area contributed by atoms with Gasteiger partial charge in [0, 0.05) is 40.5 Å². The number of aryl methyl sites for hydroxylation is 2. The number of nitrogens with zero attached hydrogens (tertiary/aromatic N) is 1. The molecule has 5 nitrogen and oxygen atoms in total. The number of hydrogen-bond donors (Lipinski definition) is 1.